The topological polar surface area (TPSA) is 116 Å². The summed E-state index contributed by atoms with van der Waals surface area (Å²) in [6.45, 7) is 5.88. The molecule has 0 aliphatic rings. The van der Waals surface area contributed by atoms with Gasteiger partial charge in [-0.3, -0.25) is 4.79 Å². The summed E-state index contributed by atoms with van der Waals surface area (Å²) in [5.74, 6) is -1.85. The third kappa shape index (κ3) is 6.77. The number of esters is 1. The van der Waals surface area contributed by atoms with E-state index in [4.69, 9.17) is 20.3 Å². The van der Waals surface area contributed by atoms with Gasteiger partial charge in [-0.2, -0.15) is 0 Å². The van der Waals surface area contributed by atoms with Gasteiger partial charge in [-0.25, -0.2) is 9.59 Å². The summed E-state index contributed by atoms with van der Waals surface area (Å²) < 4.78 is 8.45. The van der Waals surface area contributed by atoms with Gasteiger partial charge < -0.3 is 20.3 Å². The molecule has 0 heterocycles. The lowest BCUT2D eigenvalue weighted by molar-refractivity contribution is -0.146. The number of allylic oxidation sites excluding steroid dienone is 2. The van der Waals surface area contributed by atoms with Crippen LogP contribution in [0.4, 0.5) is 4.79 Å². The minimum absolute atomic E-state index is 0.333. The molecular weight excluding hydrogens is 310 g/mol. The van der Waals surface area contributed by atoms with Crippen LogP contribution in [0.2, 0.25) is 0 Å². The first-order valence-corrected chi connectivity index (χ1v) is 7.27. The van der Waals surface area contributed by atoms with Crippen LogP contribution in [0.5, 0.6) is 0 Å². The predicted molar refractivity (Wildman–Crippen MR) is 83.3 cm³/mol. The van der Waals surface area contributed by atoms with Crippen molar-refractivity contribution in [3.8, 4) is 0 Å². The number of rotatable bonds is 7. The first-order valence-electron chi connectivity index (χ1n) is 6.46. The average Bonchev–Trinajstić information content (AvgIpc) is 2.42. The summed E-state index contributed by atoms with van der Waals surface area (Å²) in [5.41, 5.74) is 5.81. The minimum Gasteiger partial charge on any atom is -0.480 e. The molecule has 8 heteroatoms. The van der Waals surface area contributed by atoms with Gasteiger partial charge in [-0.1, -0.05) is 18.2 Å². The van der Waals surface area contributed by atoms with Crippen molar-refractivity contribution in [1.82, 2.24) is 0 Å². The second-order valence-electron chi connectivity index (χ2n) is 4.71. The molecule has 0 spiro atoms. The molecule has 0 aromatic rings. The van der Waals surface area contributed by atoms with Crippen LogP contribution >= 0.6 is 11.8 Å². The molecule has 0 aliphatic carbocycles. The number of carbonyl (C=O) groups is 3. The van der Waals surface area contributed by atoms with E-state index in [1.54, 1.807) is 32.1 Å². The molecule has 1 unspecified atom stereocenters. The Hall–Kier alpha value is -1.80. The summed E-state index contributed by atoms with van der Waals surface area (Å²) >= 11 is 0.628. The van der Waals surface area contributed by atoms with E-state index in [9.17, 15) is 14.4 Å². The quantitative estimate of drug-likeness (QED) is 0.315. The Balaban J connectivity index is 4.36. The summed E-state index contributed by atoms with van der Waals surface area (Å²) in [6.07, 6.45) is 4.80. The number of aliphatic carboxylic acids is 1. The lowest BCUT2D eigenvalue weighted by Gasteiger charge is -2.26. The Bertz CT molecular complexity index is 484. The Kier molecular flexibility index (Phi) is 8.51. The maximum absolute atomic E-state index is 11.6. The standard InChI is InChI=1S/C14H21NO6S/c1-5-7-9(6-2)12(18)20-8-21-13(19)22-14(3,4)10(15)11(16)17/h5-7,10H,8,15H2,1-4H3,(H,16,17)/b7-5-,9-6+. The lowest BCUT2D eigenvalue weighted by atomic mass is 10.1. The van der Waals surface area contributed by atoms with E-state index >= 15 is 0 Å². The highest BCUT2D eigenvalue weighted by atomic mass is 32.2. The fourth-order valence-corrected chi connectivity index (χ4v) is 2.05. The zero-order valence-electron chi connectivity index (χ0n) is 13.0. The van der Waals surface area contributed by atoms with E-state index in [-0.39, 0.29) is 0 Å². The van der Waals surface area contributed by atoms with Crippen molar-refractivity contribution in [2.24, 2.45) is 5.73 Å². The van der Waals surface area contributed by atoms with Crippen LogP contribution in [0.3, 0.4) is 0 Å². The van der Waals surface area contributed by atoms with Crippen molar-refractivity contribution in [3.05, 3.63) is 23.8 Å². The summed E-state index contributed by atoms with van der Waals surface area (Å²) in [6, 6.07) is -1.24. The Morgan fingerprint density at radius 2 is 1.86 bits per heavy atom. The zero-order valence-corrected chi connectivity index (χ0v) is 13.8. The van der Waals surface area contributed by atoms with Crippen molar-refractivity contribution in [2.45, 2.75) is 38.5 Å². The van der Waals surface area contributed by atoms with Crippen LogP contribution in [0.15, 0.2) is 23.8 Å². The van der Waals surface area contributed by atoms with Gasteiger partial charge in [0.2, 0.25) is 6.79 Å². The molecule has 124 valence electrons. The van der Waals surface area contributed by atoms with Gasteiger partial charge in [-0.05, 0) is 39.5 Å². The van der Waals surface area contributed by atoms with Crippen molar-refractivity contribution < 1.29 is 29.0 Å². The van der Waals surface area contributed by atoms with Gasteiger partial charge in [-0.15, -0.1) is 0 Å². The molecule has 0 amide bonds. The molecule has 22 heavy (non-hydrogen) atoms. The molecule has 3 N–H and O–H groups in total. The first-order chi connectivity index (χ1) is 10.2. The van der Waals surface area contributed by atoms with Crippen LogP contribution in [0.1, 0.15) is 27.7 Å². The van der Waals surface area contributed by atoms with Gasteiger partial charge in [0.05, 0.1) is 5.57 Å². The number of thioether (sulfide) groups is 1. The first kappa shape index (κ1) is 20.2. The van der Waals surface area contributed by atoms with Gasteiger partial charge in [0.15, 0.2) is 0 Å². The van der Waals surface area contributed by atoms with E-state index < -0.39 is 34.8 Å². The number of ether oxygens (including phenoxy) is 2. The molecular formula is C14H21NO6S. The molecule has 0 aromatic heterocycles. The largest absolute Gasteiger partial charge is 0.480 e. The van der Waals surface area contributed by atoms with E-state index in [1.165, 1.54) is 13.8 Å². The lowest BCUT2D eigenvalue weighted by Crippen LogP contribution is -2.47. The molecule has 0 aliphatic heterocycles. The second-order valence-corrected chi connectivity index (χ2v) is 6.30. The smallest absolute Gasteiger partial charge is 0.370 e. The summed E-state index contributed by atoms with van der Waals surface area (Å²) in [5, 5.41) is 8.07. The van der Waals surface area contributed by atoms with Crippen LogP contribution in [-0.2, 0) is 19.1 Å². The molecule has 0 bridgehead atoms. The van der Waals surface area contributed by atoms with Gasteiger partial charge in [0.1, 0.15) is 6.04 Å². The van der Waals surface area contributed by atoms with Crippen molar-refractivity contribution >= 4 is 29.0 Å². The van der Waals surface area contributed by atoms with Crippen LogP contribution in [-0.4, -0.2) is 39.9 Å². The van der Waals surface area contributed by atoms with Gasteiger partial charge >= 0.3 is 17.2 Å². The number of carboxylic acids is 1. The number of carboxylic acid groups (broad SMARTS) is 1. The predicted octanol–water partition coefficient (Wildman–Crippen LogP) is 2.07. The molecule has 0 fully saturated rings. The van der Waals surface area contributed by atoms with Gasteiger partial charge in [0.25, 0.3) is 0 Å². The molecule has 0 aromatic carbocycles. The maximum atomic E-state index is 11.6. The molecule has 7 nitrogen and oxygen atoms in total. The third-order valence-electron chi connectivity index (χ3n) is 2.62. The second kappa shape index (κ2) is 9.26. The number of hydrogen-bond acceptors (Lipinski definition) is 7. The highest BCUT2D eigenvalue weighted by molar-refractivity contribution is 8.14. The number of nitrogens with two attached hydrogens (primary N) is 1. The van der Waals surface area contributed by atoms with Crippen LogP contribution in [0, 0.1) is 0 Å². The highest BCUT2D eigenvalue weighted by Gasteiger charge is 2.35. The fraction of sp³-hybridized carbons (Fsp3) is 0.500. The molecule has 0 saturated heterocycles. The Morgan fingerprint density at radius 3 is 2.32 bits per heavy atom. The molecule has 1 atom stereocenters. The van der Waals surface area contributed by atoms with Crippen molar-refractivity contribution in [3.63, 3.8) is 0 Å². The summed E-state index contributed by atoms with van der Waals surface area (Å²) in [7, 11) is 0. The highest BCUT2D eigenvalue weighted by Crippen LogP contribution is 2.29. The van der Waals surface area contributed by atoms with Gasteiger partial charge in [0, 0.05) is 4.75 Å². The fourth-order valence-electron chi connectivity index (χ4n) is 1.28. The average molecular weight is 331 g/mol. The van der Waals surface area contributed by atoms with E-state index in [0.717, 1.165) is 0 Å². The third-order valence-corrected chi connectivity index (χ3v) is 3.69. The monoisotopic (exact) mass is 331 g/mol. The summed E-state index contributed by atoms with van der Waals surface area (Å²) in [4.78, 5) is 34.0. The zero-order chi connectivity index (χ0) is 17.3. The molecule has 0 radical (unpaired) electrons. The molecule has 0 saturated carbocycles. The van der Waals surface area contributed by atoms with Crippen LogP contribution < -0.4 is 5.73 Å². The maximum Gasteiger partial charge on any atom is 0.370 e. The number of hydrogen-bond donors (Lipinski definition) is 2. The number of carbonyl (C=O) groups excluding carboxylic acids is 2. The van der Waals surface area contributed by atoms with Crippen molar-refractivity contribution in [1.29, 1.82) is 0 Å². The van der Waals surface area contributed by atoms with E-state index in [0.29, 0.717) is 17.3 Å². The molecule has 0 rings (SSSR count). The minimum atomic E-state index is -1.24. The van der Waals surface area contributed by atoms with Crippen molar-refractivity contribution in [2.75, 3.05) is 6.79 Å². The van der Waals surface area contributed by atoms with E-state index in [1.807, 2.05) is 0 Å². The van der Waals surface area contributed by atoms with E-state index in [2.05, 4.69) is 0 Å². The Labute approximate surface area is 133 Å². The Morgan fingerprint density at radius 1 is 1.27 bits per heavy atom. The SMILES string of the molecule is C/C=C\C(=C/C)C(=O)OCOC(=O)SC(C)(C)C(N)C(=O)O. The van der Waals surface area contributed by atoms with Crippen LogP contribution in [0.25, 0.3) is 0 Å². The normalized spacial score (nSPS) is 13.8.